The third-order valence-electron chi connectivity index (χ3n) is 2.22. The van der Waals surface area contributed by atoms with Crippen molar-refractivity contribution in [2.75, 3.05) is 6.61 Å². The zero-order valence-corrected chi connectivity index (χ0v) is 8.87. The molecule has 1 atom stereocenters. The van der Waals surface area contributed by atoms with E-state index in [4.69, 9.17) is 4.74 Å². The molecular formula is C12H14OS. The number of hydrogen-bond acceptors (Lipinski definition) is 2. The van der Waals surface area contributed by atoms with Gasteiger partial charge in [-0.3, -0.25) is 0 Å². The van der Waals surface area contributed by atoms with Crippen molar-refractivity contribution in [1.82, 2.24) is 0 Å². The summed E-state index contributed by atoms with van der Waals surface area (Å²) in [7, 11) is 0. The first-order valence-corrected chi connectivity index (χ1v) is 5.94. The van der Waals surface area contributed by atoms with Crippen molar-refractivity contribution >= 4 is 11.8 Å². The number of benzene rings is 1. The maximum absolute atomic E-state index is 5.16. The molecule has 0 aromatic heterocycles. The van der Waals surface area contributed by atoms with Crippen LogP contribution in [0.3, 0.4) is 0 Å². The van der Waals surface area contributed by atoms with Crippen LogP contribution in [-0.4, -0.2) is 11.9 Å². The summed E-state index contributed by atoms with van der Waals surface area (Å²) in [5.41, 5.74) is 1.40. The lowest BCUT2D eigenvalue weighted by Gasteiger charge is -2.16. The molecule has 2 heteroatoms. The smallest absolute Gasteiger partial charge is 0.0886 e. The molecule has 0 aliphatic carbocycles. The van der Waals surface area contributed by atoms with Crippen molar-refractivity contribution in [2.45, 2.75) is 17.4 Å². The molecule has 1 unspecified atom stereocenters. The fraction of sp³-hybridized carbons (Fsp3) is 0.333. The maximum atomic E-state index is 5.16. The number of ether oxygens (including phenoxy) is 1. The summed E-state index contributed by atoms with van der Waals surface area (Å²) in [5, 5.41) is 0.629. The highest BCUT2D eigenvalue weighted by molar-refractivity contribution is 7.99. The van der Waals surface area contributed by atoms with Gasteiger partial charge in [-0.25, -0.2) is 0 Å². The van der Waals surface area contributed by atoms with Crippen LogP contribution in [0.1, 0.15) is 12.0 Å². The van der Waals surface area contributed by atoms with Crippen LogP contribution in [0.2, 0.25) is 0 Å². The Kier molecular flexibility index (Phi) is 3.52. The van der Waals surface area contributed by atoms with E-state index in [1.807, 2.05) is 18.0 Å². The van der Waals surface area contributed by atoms with Crippen molar-refractivity contribution in [3.05, 3.63) is 48.2 Å². The topological polar surface area (TPSA) is 9.23 Å². The average Bonchev–Trinajstić information content (AvgIpc) is 2.29. The molecule has 14 heavy (non-hydrogen) atoms. The largest absolute Gasteiger partial charge is 0.501 e. The summed E-state index contributed by atoms with van der Waals surface area (Å²) in [4.78, 5) is 0. The molecule has 74 valence electrons. The van der Waals surface area contributed by atoms with Gasteiger partial charge in [0, 0.05) is 11.0 Å². The summed E-state index contributed by atoms with van der Waals surface area (Å²) in [6.07, 6.45) is 5.11. The van der Waals surface area contributed by atoms with Crippen LogP contribution in [0.4, 0.5) is 0 Å². The Balaban J connectivity index is 1.82. The van der Waals surface area contributed by atoms with E-state index in [1.54, 1.807) is 0 Å². The predicted octanol–water partition coefficient (Wildman–Crippen LogP) is 3.22. The molecule has 1 aromatic rings. The lowest BCUT2D eigenvalue weighted by molar-refractivity contribution is 0.233. The molecule has 0 fully saturated rings. The predicted molar refractivity (Wildman–Crippen MR) is 61.2 cm³/mol. The lowest BCUT2D eigenvalue weighted by atomic mass is 10.2. The Hall–Kier alpha value is -0.890. The van der Waals surface area contributed by atoms with Crippen LogP contribution >= 0.6 is 11.8 Å². The Bertz CT molecular complexity index is 294. The van der Waals surface area contributed by atoms with Gasteiger partial charge in [0.25, 0.3) is 0 Å². The first-order valence-electron chi connectivity index (χ1n) is 4.89. The van der Waals surface area contributed by atoms with Crippen molar-refractivity contribution in [3.8, 4) is 0 Å². The minimum atomic E-state index is 0.629. The first-order chi connectivity index (χ1) is 6.95. The minimum absolute atomic E-state index is 0.629. The van der Waals surface area contributed by atoms with Crippen molar-refractivity contribution in [3.63, 3.8) is 0 Å². The average molecular weight is 206 g/mol. The monoisotopic (exact) mass is 206 g/mol. The van der Waals surface area contributed by atoms with E-state index in [2.05, 4.69) is 36.4 Å². The Morgan fingerprint density at radius 1 is 1.29 bits per heavy atom. The van der Waals surface area contributed by atoms with Crippen LogP contribution in [0.25, 0.3) is 0 Å². The standard InChI is InChI=1S/C12H14OS/c1-2-4-11(5-3-1)10-14-12-6-8-13-9-7-12/h1-6,8,12H,7,9-10H2. The van der Waals surface area contributed by atoms with Crippen LogP contribution in [-0.2, 0) is 10.5 Å². The molecule has 2 rings (SSSR count). The van der Waals surface area contributed by atoms with E-state index in [9.17, 15) is 0 Å². The van der Waals surface area contributed by atoms with Crippen molar-refractivity contribution in [1.29, 1.82) is 0 Å². The molecule has 0 saturated carbocycles. The normalized spacial score (nSPS) is 20.4. The van der Waals surface area contributed by atoms with E-state index in [-0.39, 0.29) is 0 Å². The van der Waals surface area contributed by atoms with Gasteiger partial charge < -0.3 is 4.74 Å². The lowest BCUT2D eigenvalue weighted by Crippen LogP contribution is -2.08. The van der Waals surface area contributed by atoms with E-state index in [1.165, 1.54) is 5.56 Å². The molecule has 1 aromatic carbocycles. The number of hydrogen-bond donors (Lipinski definition) is 0. The van der Waals surface area contributed by atoms with E-state index in [0.29, 0.717) is 5.25 Å². The molecule has 0 radical (unpaired) electrons. The molecule has 1 aliphatic rings. The van der Waals surface area contributed by atoms with Gasteiger partial charge in [-0.05, 0) is 18.1 Å². The summed E-state index contributed by atoms with van der Waals surface area (Å²) in [5.74, 6) is 1.09. The highest BCUT2D eigenvalue weighted by atomic mass is 32.2. The van der Waals surface area contributed by atoms with Gasteiger partial charge in [-0.1, -0.05) is 30.3 Å². The van der Waals surface area contributed by atoms with Crippen molar-refractivity contribution in [2.24, 2.45) is 0 Å². The van der Waals surface area contributed by atoms with Crippen LogP contribution in [0, 0.1) is 0 Å². The second kappa shape index (κ2) is 5.11. The van der Waals surface area contributed by atoms with E-state index >= 15 is 0 Å². The van der Waals surface area contributed by atoms with Crippen LogP contribution in [0.5, 0.6) is 0 Å². The minimum Gasteiger partial charge on any atom is -0.501 e. The van der Waals surface area contributed by atoms with Crippen LogP contribution in [0.15, 0.2) is 42.7 Å². The van der Waals surface area contributed by atoms with Gasteiger partial charge in [-0.15, -0.1) is 11.8 Å². The number of thioether (sulfide) groups is 1. The quantitative estimate of drug-likeness (QED) is 0.751. The zero-order chi connectivity index (χ0) is 9.64. The number of rotatable bonds is 3. The SMILES string of the molecule is C1=CC(SCc2ccccc2)CCO1. The van der Waals surface area contributed by atoms with Gasteiger partial charge in [0.15, 0.2) is 0 Å². The maximum Gasteiger partial charge on any atom is 0.0886 e. The molecule has 0 saturated heterocycles. The van der Waals surface area contributed by atoms with Crippen LogP contribution < -0.4 is 0 Å². The van der Waals surface area contributed by atoms with E-state index < -0.39 is 0 Å². The molecule has 0 N–H and O–H groups in total. The molecule has 1 nitrogen and oxygen atoms in total. The third kappa shape index (κ3) is 2.81. The molecular weight excluding hydrogens is 192 g/mol. The summed E-state index contributed by atoms with van der Waals surface area (Å²) >= 11 is 1.98. The summed E-state index contributed by atoms with van der Waals surface area (Å²) in [6.45, 7) is 0.864. The van der Waals surface area contributed by atoms with E-state index in [0.717, 1.165) is 18.8 Å². The molecule has 1 heterocycles. The second-order valence-electron chi connectivity index (χ2n) is 3.32. The van der Waals surface area contributed by atoms with Gasteiger partial charge in [0.2, 0.25) is 0 Å². The highest BCUT2D eigenvalue weighted by Crippen LogP contribution is 2.23. The zero-order valence-electron chi connectivity index (χ0n) is 8.06. The molecule has 0 bridgehead atoms. The van der Waals surface area contributed by atoms with Gasteiger partial charge in [-0.2, -0.15) is 0 Å². The Morgan fingerprint density at radius 2 is 2.14 bits per heavy atom. The molecule has 1 aliphatic heterocycles. The fourth-order valence-corrected chi connectivity index (χ4v) is 2.45. The van der Waals surface area contributed by atoms with Crippen molar-refractivity contribution < 1.29 is 4.74 Å². The summed E-state index contributed by atoms with van der Waals surface area (Å²) in [6, 6.07) is 10.6. The Morgan fingerprint density at radius 3 is 2.86 bits per heavy atom. The molecule has 0 spiro atoms. The van der Waals surface area contributed by atoms with Gasteiger partial charge >= 0.3 is 0 Å². The third-order valence-corrected chi connectivity index (χ3v) is 3.54. The second-order valence-corrected chi connectivity index (χ2v) is 4.55. The first kappa shape index (κ1) is 9.66. The highest BCUT2D eigenvalue weighted by Gasteiger charge is 2.08. The van der Waals surface area contributed by atoms with Gasteiger partial charge in [0.05, 0.1) is 12.9 Å². The molecule has 0 amide bonds. The Labute approximate surface area is 89.2 Å². The fourth-order valence-electron chi connectivity index (χ4n) is 1.41. The van der Waals surface area contributed by atoms with Gasteiger partial charge in [0.1, 0.15) is 0 Å². The summed E-state index contributed by atoms with van der Waals surface area (Å²) < 4.78 is 5.16.